The summed E-state index contributed by atoms with van der Waals surface area (Å²) in [5.74, 6) is 1.20. The van der Waals surface area contributed by atoms with E-state index in [4.69, 9.17) is 25.8 Å². The number of hydrogen-bond acceptors (Lipinski definition) is 6. The summed E-state index contributed by atoms with van der Waals surface area (Å²) < 4.78 is 42.1. The van der Waals surface area contributed by atoms with Gasteiger partial charge in [0.05, 0.1) is 31.6 Å². The standard InChI is InChI=1S/C20H23ClN2O6S/c1-13(12-28-16-7-5-15(27-2)6-8-16)22-20(24)19-11-23(30(3,25)26)17-10-14(21)4-9-18(17)29-19/h4-10,13,19H,11-12H2,1-3H3,(H,22,24)/t13-,19-/m1/s1. The molecule has 0 saturated heterocycles. The number of hydrogen-bond donors (Lipinski definition) is 1. The molecule has 10 heteroatoms. The van der Waals surface area contributed by atoms with Crippen LogP contribution in [0.2, 0.25) is 5.02 Å². The number of fused-ring (bicyclic) bond motifs is 1. The Bertz CT molecular complexity index is 1010. The third-order valence-corrected chi connectivity index (χ3v) is 5.81. The molecule has 1 aliphatic rings. The van der Waals surface area contributed by atoms with E-state index < -0.39 is 22.0 Å². The molecule has 0 aliphatic carbocycles. The number of carbonyl (C=O) groups excluding carboxylic acids is 1. The number of sulfonamides is 1. The Hall–Kier alpha value is -2.65. The smallest absolute Gasteiger partial charge is 0.263 e. The normalized spacial score (nSPS) is 16.8. The predicted molar refractivity (Wildman–Crippen MR) is 114 cm³/mol. The highest BCUT2D eigenvalue weighted by Gasteiger charge is 2.35. The van der Waals surface area contributed by atoms with E-state index in [1.807, 2.05) is 0 Å². The van der Waals surface area contributed by atoms with Gasteiger partial charge in [0.1, 0.15) is 23.9 Å². The highest BCUT2D eigenvalue weighted by atomic mass is 35.5. The van der Waals surface area contributed by atoms with Crippen LogP contribution in [0, 0.1) is 0 Å². The number of nitrogens with one attached hydrogen (secondary N) is 1. The Kier molecular flexibility index (Phi) is 6.62. The quantitative estimate of drug-likeness (QED) is 0.690. The van der Waals surface area contributed by atoms with E-state index in [9.17, 15) is 13.2 Å². The van der Waals surface area contributed by atoms with Gasteiger partial charge in [-0.3, -0.25) is 9.10 Å². The largest absolute Gasteiger partial charge is 0.497 e. The summed E-state index contributed by atoms with van der Waals surface area (Å²) in [7, 11) is -2.04. The lowest BCUT2D eigenvalue weighted by atomic mass is 10.2. The van der Waals surface area contributed by atoms with E-state index in [1.165, 1.54) is 6.07 Å². The Labute approximate surface area is 180 Å². The molecule has 30 heavy (non-hydrogen) atoms. The SMILES string of the molecule is COc1ccc(OC[C@@H](C)NC(=O)[C@H]2CN(S(C)(=O)=O)c3cc(Cl)ccc3O2)cc1. The second kappa shape index (κ2) is 9.01. The monoisotopic (exact) mass is 454 g/mol. The summed E-state index contributed by atoms with van der Waals surface area (Å²) in [5.41, 5.74) is 0.310. The average molecular weight is 455 g/mol. The van der Waals surface area contributed by atoms with Crippen molar-refractivity contribution < 1.29 is 27.4 Å². The first-order valence-corrected chi connectivity index (χ1v) is 11.4. The molecule has 0 aromatic heterocycles. The van der Waals surface area contributed by atoms with Gasteiger partial charge in [-0.15, -0.1) is 0 Å². The number of halogens is 1. The first-order chi connectivity index (χ1) is 14.2. The third kappa shape index (κ3) is 5.28. The van der Waals surface area contributed by atoms with Gasteiger partial charge in [-0.2, -0.15) is 0 Å². The summed E-state index contributed by atoms with van der Waals surface area (Å²) in [5, 5.41) is 3.17. The summed E-state index contributed by atoms with van der Waals surface area (Å²) >= 11 is 5.98. The number of carbonyl (C=O) groups is 1. The summed E-state index contributed by atoms with van der Waals surface area (Å²) in [4.78, 5) is 12.7. The Morgan fingerprint density at radius 2 is 1.93 bits per heavy atom. The first kappa shape index (κ1) is 22.0. The zero-order chi connectivity index (χ0) is 21.9. The molecule has 0 saturated carbocycles. The minimum Gasteiger partial charge on any atom is -0.497 e. The summed E-state index contributed by atoms with van der Waals surface area (Å²) in [6, 6.07) is 11.4. The van der Waals surface area contributed by atoms with E-state index in [1.54, 1.807) is 50.4 Å². The summed E-state index contributed by atoms with van der Waals surface area (Å²) in [6.45, 7) is 1.86. The molecule has 8 nitrogen and oxygen atoms in total. The molecule has 2 aromatic carbocycles. The van der Waals surface area contributed by atoms with Crippen LogP contribution in [0.1, 0.15) is 6.92 Å². The van der Waals surface area contributed by atoms with E-state index in [0.29, 0.717) is 16.5 Å². The fourth-order valence-corrected chi connectivity index (χ4v) is 4.02. The average Bonchev–Trinajstić information content (AvgIpc) is 2.71. The van der Waals surface area contributed by atoms with Crippen LogP contribution in [0.3, 0.4) is 0 Å². The molecule has 0 fully saturated rings. The van der Waals surface area contributed by atoms with Gasteiger partial charge in [0, 0.05) is 5.02 Å². The van der Waals surface area contributed by atoms with E-state index in [0.717, 1.165) is 16.3 Å². The first-order valence-electron chi connectivity index (χ1n) is 9.18. The molecular formula is C20H23ClN2O6S. The van der Waals surface area contributed by atoms with E-state index in [-0.39, 0.29) is 24.9 Å². The van der Waals surface area contributed by atoms with Gasteiger partial charge < -0.3 is 19.5 Å². The maximum atomic E-state index is 12.7. The maximum absolute atomic E-state index is 12.7. The molecule has 0 spiro atoms. The van der Waals surface area contributed by atoms with Crippen LogP contribution in [0.5, 0.6) is 17.2 Å². The lowest BCUT2D eigenvalue weighted by Crippen LogP contribution is -2.52. The lowest BCUT2D eigenvalue weighted by molar-refractivity contribution is -0.128. The number of ether oxygens (including phenoxy) is 3. The summed E-state index contributed by atoms with van der Waals surface area (Å²) in [6.07, 6.45) is 0.0698. The van der Waals surface area contributed by atoms with Gasteiger partial charge in [0.25, 0.3) is 5.91 Å². The third-order valence-electron chi connectivity index (χ3n) is 4.43. The zero-order valence-corrected chi connectivity index (χ0v) is 18.4. The molecule has 0 bridgehead atoms. The van der Waals surface area contributed by atoms with Crippen molar-refractivity contribution in [2.45, 2.75) is 19.1 Å². The molecule has 0 radical (unpaired) electrons. The number of nitrogens with zero attached hydrogens (tertiary/aromatic N) is 1. The van der Waals surface area contributed by atoms with Crippen molar-refractivity contribution in [3.63, 3.8) is 0 Å². The highest BCUT2D eigenvalue weighted by Crippen LogP contribution is 2.37. The molecule has 1 heterocycles. The van der Waals surface area contributed by atoms with E-state index >= 15 is 0 Å². The van der Waals surface area contributed by atoms with Gasteiger partial charge in [0.2, 0.25) is 10.0 Å². The maximum Gasteiger partial charge on any atom is 0.263 e. The van der Waals surface area contributed by atoms with E-state index in [2.05, 4.69) is 5.32 Å². The van der Waals surface area contributed by atoms with Crippen molar-refractivity contribution >= 4 is 33.2 Å². The number of anilines is 1. The lowest BCUT2D eigenvalue weighted by Gasteiger charge is -2.34. The minimum absolute atomic E-state index is 0.149. The van der Waals surface area contributed by atoms with Gasteiger partial charge in [-0.25, -0.2) is 8.42 Å². The van der Waals surface area contributed by atoms with Crippen molar-refractivity contribution in [3.8, 4) is 17.2 Å². The van der Waals surface area contributed by atoms with Crippen LogP contribution in [-0.4, -0.2) is 53.0 Å². The number of rotatable bonds is 7. The van der Waals surface area contributed by atoms with Crippen LogP contribution in [-0.2, 0) is 14.8 Å². The fourth-order valence-electron chi connectivity index (χ4n) is 2.95. The van der Waals surface area contributed by atoms with Crippen LogP contribution in [0.25, 0.3) is 0 Å². The van der Waals surface area contributed by atoms with Gasteiger partial charge >= 0.3 is 0 Å². The molecule has 1 aliphatic heterocycles. The van der Waals surface area contributed by atoms with Gasteiger partial charge in [0.15, 0.2) is 6.10 Å². The minimum atomic E-state index is -3.62. The van der Waals surface area contributed by atoms with Crippen LogP contribution in [0.4, 0.5) is 5.69 Å². The van der Waals surface area contributed by atoms with Crippen LogP contribution < -0.4 is 23.8 Å². The van der Waals surface area contributed by atoms with Crippen molar-refractivity contribution in [1.82, 2.24) is 5.32 Å². The number of methoxy groups -OCH3 is 1. The molecule has 2 atom stereocenters. The van der Waals surface area contributed by atoms with Crippen LogP contribution >= 0.6 is 11.6 Å². The Balaban J connectivity index is 1.63. The predicted octanol–water partition coefficient (Wildman–Crippen LogP) is 2.46. The topological polar surface area (TPSA) is 94.2 Å². The number of amides is 1. The number of benzene rings is 2. The molecule has 1 N–H and O–H groups in total. The van der Waals surface area contributed by atoms with Gasteiger partial charge in [-0.05, 0) is 49.4 Å². The Morgan fingerprint density at radius 1 is 1.27 bits per heavy atom. The Morgan fingerprint density at radius 3 is 2.57 bits per heavy atom. The molecule has 0 unspecified atom stereocenters. The van der Waals surface area contributed by atoms with Crippen molar-refractivity contribution in [2.75, 3.05) is 30.8 Å². The van der Waals surface area contributed by atoms with Crippen molar-refractivity contribution in [1.29, 1.82) is 0 Å². The van der Waals surface area contributed by atoms with Gasteiger partial charge in [-0.1, -0.05) is 11.6 Å². The molecule has 3 rings (SSSR count). The van der Waals surface area contributed by atoms with Crippen molar-refractivity contribution in [2.24, 2.45) is 0 Å². The van der Waals surface area contributed by atoms with Crippen LogP contribution in [0.15, 0.2) is 42.5 Å². The fraction of sp³-hybridized carbons (Fsp3) is 0.350. The molecule has 2 aromatic rings. The second-order valence-electron chi connectivity index (χ2n) is 6.91. The molecular weight excluding hydrogens is 432 g/mol. The zero-order valence-electron chi connectivity index (χ0n) is 16.8. The molecule has 162 valence electrons. The molecule has 1 amide bonds. The second-order valence-corrected chi connectivity index (χ2v) is 9.25. The highest BCUT2D eigenvalue weighted by molar-refractivity contribution is 7.92. The van der Waals surface area contributed by atoms with Crippen molar-refractivity contribution in [3.05, 3.63) is 47.5 Å².